The van der Waals surface area contributed by atoms with E-state index in [1.54, 1.807) is 7.11 Å². The van der Waals surface area contributed by atoms with Gasteiger partial charge in [0.05, 0.1) is 13.2 Å². The average Bonchev–Trinajstić information content (AvgIpc) is 2.48. The molecule has 1 aromatic carbocycles. The summed E-state index contributed by atoms with van der Waals surface area (Å²) in [7, 11) is 1.64. The zero-order valence-electron chi connectivity index (χ0n) is 7.08. The molecule has 0 aromatic heterocycles. The lowest BCUT2D eigenvalue weighted by Gasteiger charge is -2.09. The molecule has 0 saturated carbocycles. The van der Waals surface area contributed by atoms with Crippen LogP contribution < -0.4 is 4.74 Å². The molecule has 0 saturated heterocycles. The fraction of sp³-hybridized carbons (Fsp3) is 0.400. The molecule has 0 unspecified atom stereocenters. The fourth-order valence-corrected chi connectivity index (χ4v) is 1.80. The molecule has 1 aliphatic carbocycles. The molecule has 1 N–H and O–H groups in total. The molecular formula is C10H12O2. The Morgan fingerprint density at radius 1 is 1.50 bits per heavy atom. The van der Waals surface area contributed by atoms with Gasteiger partial charge in [0.1, 0.15) is 5.75 Å². The first-order valence-corrected chi connectivity index (χ1v) is 4.17. The minimum atomic E-state index is -0.323. The highest BCUT2D eigenvalue weighted by atomic mass is 16.5. The molecule has 12 heavy (non-hydrogen) atoms. The van der Waals surface area contributed by atoms with E-state index in [0.717, 1.165) is 24.2 Å². The van der Waals surface area contributed by atoms with Crippen molar-refractivity contribution >= 4 is 0 Å². The number of aryl methyl sites for hydroxylation is 1. The van der Waals surface area contributed by atoms with Crippen molar-refractivity contribution in [2.24, 2.45) is 0 Å². The molecule has 0 bridgehead atoms. The molecular weight excluding hydrogens is 152 g/mol. The summed E-state index contributed by atoms with van der Waals surface area (Å²) in [6, 6.07) is 5.91. The van der Waals surface area contributed by atoms with E-state index < -0.39 is 0 Å². The molecule has 0 spiro atoms. The van der Waals surface area contributed by atoms with Gasteiger partial charge in [-0.3, -0.25) is 0 Å². The number of hydrogen-bond donors (Lipinski definition) is 1. The minimum absolute atomic E-state index is 0.323. The van der Waals surface area contributed by atoms with Crippen LogP contribution in [0.3, 0.4) is 0 Å². The average molecular weight is 164 g/mol. The predicted octanol–water partition coefficient (Wildman–Crippen LogP) is 1.67. The summed E-state index contributed by atoms with van der Waals surface area (Å²) >= 11 is 0. The summed E-state index contributed by atoms with van der Waals surface area (Å²) in [5.74, 6) is 0.817. The summed E-state index contributed by atoms with van der Waals surface area (Å²) in [5, 5.41) is 9.61. The summed E-state index contributed by atoms with van der Waals surface area (Å²) in [5.41, 5.74) is 2.21. The van der Waals surface area contributed by atoms with Gasteiger partial charge in [-0.2, -0.15) is 0 Å². The van der Waals surface area contributed by atoms with E-state index in [2.05, 4.69) is 0 Å². The Morgan fingerprint density at radius 2 is 2.33 bits per heavy atom. The van der Waals surface area contributed by atoms with Crippen molar-refractivity contribution in [1.82, 2.24) is 0 Å². The maximum atomic E-state index is 9.61. The third-order valence-corrected chi connectivity index (χ3v) is 2.40. The van der Waals surface area contributed by atoms with Crippen LogP contribution in [0.2, 0.25) is 0 Å². The molecule has 0 aliphatic heterocycles. The number of methoxy groups -OCH3 is 1. The summed E-state index contributed by atoms with van der Waals surface area (Å²) < 4.78 is 5.17. The van der Waals surface area contributed by atoms with Crippen molar-refractivity contribution in [2.75, 3.05) is 7.11 Å². The van der Waals surface area contributed by atoms with Gasteiger partial charge in [-0.1, -0.05) is 12.1 Å². The molecule has 1 aliphatic rings. The Balaban J connectivity index is 2.53. The number of benzene rings is 1. The van der Waals surface area contributed by atoms with Gasteiger partial charge in [-0.05, 0) is 24.5 Å². The monoisotopic (exact) mass is 164 g/mol. The zero-order valence-corrected chi connectivity index (χ0v) is 7.08. The van der Waals surface area contributed by atoms with E-state index in [4.69, 9.17) is 4.74 Å². The smallest absolute Gasteiger partial charge is 0.124 e. The quantitative estimate of drug-likeness (QED) is 0.684. The van der Waals surface area contributed by atoms with Crippen molar-refractivity contribution in [1.29, 1.82) is 0 Å². The topological polar surface area (TPSA) is 29.5 Å². The number of fused-ring (bicyclic) bond motifs is 1. The first-order valence-electron chi connectivity index (χ1n) is 4.17. The van der Waals surface area contributed by atoms with Crippen LogP contribution in [0.25, 0.3) is 0 Å². The highest BCUT2D eigenvalue weighted by Crippen LogP contribution is 2.37. The van der Waals surface area contributed by atoms with Gasteiger partial charge >= 0.3 is 0 Å². The third-order valence-electron chi connectivity index (χ3n) is 2.40. The van der Waals surface area contributed by atoms with Crippen molar-refractivity contribution in [2.45, 2.75) is 18.9 Å². The normalized spacial score (nSPS) is 20.7. The second-order valence-corrected chi connectivity index (χ2v) is 3.09. The SMILES string of the molecule is COc1cccc2c1[C@H](O)CC2. The number of hydrogen-bond acceptors (Lipinski definition) is 2. The molecule has 2 rings (SSSR count). The van der Waals surface area contributed by atoms with Gasteiger partial charge in [0.15, 0.2) is 0 Å². The van der Waals surface area contributed by atoms with Crippen molar-refractivity contribution < 1.29 is 9.84 Å². The van der Waals surface area contributed by atoms with Gasteiger partial charge in [0.2, 0.25) is 0 Å². The summed E-state index contributed by atoms with van der Waals surface area (Å²) in [6.07, 6.45) is 1.47. The summed E-state index contributed by atoms with van der Waals surface area (Å²) in [4.78, 5) is 0. The number of aliphatic hydroxyl groups is 1. The maximum Gasteiger partial charge on any atom is 0.124 e. The molecule has 64 valence electrons. The summed E-state index contributed by atoms with van der Waals surface area (Å²) in [6.45, 7) is 0. The Kier molecular flexibility index (Phi) is 1.77. The Labute approximate surface area is 71.8 Å². The van der Waals surface area contributed by atoms with Crippen molar-refractivity contribution in [3.8, 4) is 5.75 Å². The van der Waals surface area contributed by atoms with Crippen molar-refractivity contribution in [3.63, 3.8) is 0 Å². The van der Waals surface area contributed by atoms with Gasteiger partial charge in [0, 0.05) is 5.56 Å². The van der Waals surface area contributed by atoms with Gasteiger partial charge in [0.25, 0.3) is 0 Å². The molecule has 1 atom stereocenters. The lowest BCUT2D eigenvalue weighted by molar-refractivity contribution is 0.176. The van der Waals surface area contributed by atoms with Crippen LogP contribution in [0.1, 0.15) is 23.7 Å². The Morgan fingerprint density at radius 3 is 3.08 bits per heavy atom. The fourth-order valence-electron chi connectivity index (χ4n) is 1.80. The minimum Gasteiger partial charge on any atom is -0.496 e. The highest BCUT2D eigenvalue weighted by molar-refractivity contribution is 5.44. The molecule has 0 radical (unpaired) electrons. The van der Waals surface area contributed by atoms with E-state index in [0.29, 0.717) is 0 Å². The number of aliphatic hydroxyl groups excluding tert-OH is 1. The van der Waals surface area contributed by atoms with Crippen LogP contribution in [0.4, 0.5) is 0 Å². The van der Waals surface area contributed by atoms with Crippen LogP contribution in [0.15, 0.2) is 18.2 Å². The van der Waals surface area contributed by atoms with Crippen LogP contribution in [-0.2, 0) is 6.42 Å². The number of rotatable bonds is 1. The van der Waals surface area contributed by atoms with Gasteiger partial charge in [-0.25, -0.2) is 0 Å². The second-order valence-electron chi connectivity index (χ2n) is 3.09. The molecule has 1 aromatic rings. The first kappa shape index (κ1) is 7.62. The van der Waals surface area contributed by atoms with E-state index in [1.807, 2.05) is 18.2 Å². The second kappa shape index (κ2) is 2.79. The van der Waals surface area contributed by atoms with Crippen LogP contribution in [0, 0.1) is 0 Å². The predicted molar refractivity (Wildman–Crippen MR) is 46.3 cm³/mol. The van der Waals surface area contributed by atoms with Crippen molar-refractivity contribution in [3.05, 3.63) is 29.3 Å². The lowest BCUT2D eigenvalue weighted by Crippen LogP contribution is -1.95. The Bertz CT molecular complexity index is 294. The number of ether oxygens (including phenoxy) is 1. The van der Waals surface area contributed by atoms with Gasteiger partial charge < -0.3 is 9.84 Å². The van der Waals surface area contributed by atoms with Crippen LogP contribution >= 0.6 is 0 Å². The molecule has 2 heteroatoms. The lowest BCUT2D eigenvalue weighted by atomic mass is 10.1. The largest absolute Gasteiger partial charge is 0.496 e. The third kappa shape index (κ3) is 0.994. The zero-order chi connectivity index (χ0) is 8.55. The van der Waals surface area contributed by atoms with Crippen LogP contribution in [0.5, 0.6) is 5.75 Å². The molecule has 2 nitrogen and oxygen atoms in total. The Hall–Kier alpha value is -1.02. The maximum absolute atomic E-state index is 9.61. The highest BCUT2D eigenvalue weighted by Gasteiger charge is 2.23. The molecule has 0 amide bonds. The first-order chi connectivity index (χ1) is 5.83. The van der Waals surface area contributed by atoms with E-state index in [-0.39, 0.29) is 6.10 Å². The van der Waals surface area contributed by atoms with E-state index in [9.17, 15) is 5.11 Å². The van der Waals surface area contributed by atoms with E-state index >= 15 is 0 Å². The standard InChI is InChI=1S/C10H12O2/c1-12-9-4-2-3-7-5-6-8(11)10(7)9/h2-4,8,11H,5-6H2,1H3/t8-/m1/s1. The van der Waals surface area contributed by atoms with E-state index in [1.165, 1.54) is 5.56 Å². The van der Waals surface area contributed by atoms with Crippen LogP contribution in [-0.4, -0.2) is 12.2 Å². The van der Waals surface area contributed by atoms with Gasteiger partial charge in [-0.15, -0.1) is 0 Å². The molecule has 0 fully saturated rings. The molecule has 0 heterocycles.